The summed E-state index contributed by atoms with van der Waals surface area (Å²) in [4.78, 5) is 17.3. The van der Waals surface area contributed by atoms with E-state index in [2.05, 4.69) is 22.3 Å². The molecule has 1 aromatic rings. The Bertz CT molecular complexity index is 644. The fraction of sp³-hybridized carbons (Fsp3) is 0.667. The third-order valence-corrected chi connectivity index (χ3v) is 6.74. The number of aliphatic hydroxyl groups is 1. The molecule has 0 bridgehead atoms. The second kappa shape index (κ2) is 7.57. The van der Waals surface area contributed by atoms with Crippen LogP contribution < -0.4 is 5.32 Å². The maximum Gasteiger partial charge on any atom is 0.321 e. The number of fused-ring (bicyclic) bond motifs is 1. The summed E-state index contributed by atoms with van der Waals surface area (Å²) in [5.41, 5.74) is 2.07. The Kier molecular flexibility index (Phi) is 5.18. The molecule has 1 aromatic carbocycles. The van der Waals surface area contributed by atoms with E-state index in [0.717, 1.165) is 44.7 Å². The van der Waals surface area contributed by atoms with E-state index in [0.29, 0.717) is 12.5 Å². The highest BCUT2D eigenvalue weighted by Crippen LogP contribution is 2.48. The zero-order valence-electron chi connectivity index (χ0n) is 15.6. The molecule has 3 fully saturated rings. The van der Waals surface area contributed by atoms with Crippen LogP contribution in [0.4, 0.5) is 10.5 Å². The average molecular weight is 357 g/mol. The number of piperidine rings is 1. The second-order valence-corrected chi connectivity index (χ2v) is 8.41. The molecule has 1 saturated carbocycles. The van der Waals surface area contributed by atoms with Crippen molar-refractivity contribution < 1.29 is 9.90 Å². The SMILES string of the molecule is O=C(Nc1ccccc1CN1CCCCC1)N1C[C@@H]2CCC[C@]2(CO)C1. The van der Waals surface area contributed by atoms with Crippen LogP contribution in [0.5, 0.6) is 0 Å². The van der Waals surface area contributed by atoms with E-state index in [9.17, 15) is 9.90 Å². The van der Waals surface area contributed by atoms with Gasteiger partial charge in [-0.25, -0.2) is 4.79 Å². The van der Waals surface area contributed by atoms with Gasteiger partial charge in [-0.1, -0.05) is 31.0 Å². The maximum atomic E-state index is 12.9. The smallest absolute Gasteiger partial charge is 0.321 e. The summed E-state index contributed by atoms with van der Waals surface area (Å²) in [6.45, 7) is 4.87. The monoisotopic (exact) mass is 357 g/mol. The van der Waals surface area contributed by atoms with Gasteiger partial charge in [-0.3, -0.25) is 4.90 Å². The van der Waals surface area contributed by atoms with Gasteiger partial charge < -0.3 is 15.3 Å². The van der Waals surface area contributed by atoms with Crippen molar-refractivity contribution in [3.8, 4) is 0 Å². The minimum Gasteiger partial charge on any atom is -0.396 e. The first kappa shape index (κ1) is 17.8. The molecule has 26 heavy (non-hydrogen) atoms. The van der Waals surface area contributed by atoms with E-state index in [1.165, 1.54) is 31.2 Å². The van der Waals surface area contributed by atoms with E-state index < -0.39 is 0 Å². The van der Waals surface area contributed by atoms with Gasteiger partial charge in [-0.15, -0.1) is 0 Å². The maximum absolute atomic E-state index is 12.9. The van der Waals surface area contributed by atoms with Gasteiger partial charge in [-0.05, 0) is 56.3 Å². The van der Waals surface area contributed by atoms with Crippen molar-refractivity contribution in [1.29, 1.82) is 0 Å². The Morgan fingerprint density at radius 1 is 1.19 bits per heavy atom. The van der Waals surface area contributed by atoms with E-state index in [-0.39, 0.29) is 18.1 Å². The van der Waals surface area contributed by atoms with Crippen LogP contribution >= 0.6 is 0 Å². The highest BCUT2D eigenvalue weighted by atomic mass is 16.3. The largest absolute Gasteiger partial charge is 0.396 e. The number of carbonyl (C=O) groups is 1. The summed E-state index contributed by atoms with van der Waals surface area (Å²) in [6.07, 6.45) is 7.23. The summed E-state index contributed by atoms with van der Waals surface area (Å²) in [5.74, 6) is 0.460. The molecular formula is C21H31N3O2. The lowest BCUT2D eigenvalue weighted by Crippen LogP contribution is -2.37. The van der Waals surface area contributed by atoms with E-state index >= 15 is 0 Å². The van der Waals surface area contributed by atoms with E-state index in [4.69, 9.17) is 0 Å². The van der Waals surface area contributed by atoms with Crippen molar-refractivity contribution >= 4 is 11.7 Å². The fourth-order valence-electron chi connectivity index (χ4n) is 5.16. The summed E-state index contributed by atoms with van der Waals surface area (Å²) in [5, 5.41) is 13.0. The first-order valence-corrected chi connectivity index (χ1v) is 10.2. The van der Waals surface area contributed by atoms with Gasteiger partial charge in [-0.2, -0.15) is 0 Å². The molecule has 2 amide bonds. The Balaban J connectivity index is 1.42. The molecule has 5 heteroatoms. The predicted molar refractivity (Wildman–Crippen MR) is 103 cm³/mol. The highest BCUT2D eigenvalue weighted by Gasteiger charge is 2.50. The summed E-state index contributed by atoms with van der Waals surface area (Å²) in [6, 6.07) is 8.16. The Hall–Kier alpha value is -1.59. The van der Waals surface area contributed by atoms with Crippen LogP contribution in [0.1, 0.15) is 44.1 Å². The molecule has 0 spiro atoms. The zero-order valence-corrected chi connectivity index (χ0v) is 15.6. The molecule has 2 N–H and O–H groups in total. The minimum absolute atomic E-state index is 0.0154. The number of nitrogens with zero attached hydrogens (tertiary/aromatic N) is 2. The van der Waals surface area contributed by atoms with Crippen molar-refractivity contribution in [2.45, 2.75) is 45.1 Å². The summed E-state index contributed by atoms with van der Waals surface area (Å²) < 4.78 is 0. The van der Waals surface area contributed by atoms with Crippen LogP contribution in [-0.4, -0.2) is 53.7 Å². The van der Waals surface area contributed by atoms with Gasteiger partial charge in [0.25, 0.3) is 0 Å². The first-order chi connectivity index (χ1) is 12.7. The molecule has 0 radical (unpaired) electrons. The van der Waals surface area contributed by atoms with Crippen molar-refractivity contribution in [1.82, 2.24) is 9.80 Å². The predicted octanol–water partition coefficient (Wildman–Crippen LogP) is 3.30. The van der Waals surface area contributed by atoms with Crippen molar-refractivity contribution in [3.63, 3.8) is 0 Å². The van der Waals surface area contributed by atoms with Crippen molar-refractivity contribution in [3.05, 3.63) is 29.8 Å². The standard InChI is InChI=1S/C21H31N3O2/c25-16-21-10-6-8-18(21)14-24(15-21)20(26)22-19-9-3-2-7-17(19)13-23-11-4-1-5-12-23/h2-3,7,9,18,25H,1,4-6,8,10-16H2,(H,22,26)/t18-,21+/m0/s1. The van der Waals surface area contributed by atoms with Crippen molar-refractivity contribution in [2.75, 3.05) is 38.1 Å². The molecule has 3 aliphatic rings. The molecule has 2 atom stereocenters. The van der Waals surface area contributed by atoms with Gasteiger partial charge in [0, 0.05) is 30.7 Å². The molecule has 142 valence electrons. The van der Waals surface area contributed by atoms with Crippen LogP contribution in [0.2, 0.25) is 0 Å². The topological polar surface area (TPSA) is 55.8 Å². The Morgan fingerprint density at radius 2 is 2.00 bits per heavy atom. The second-order valence-electron chi connectivity index (χ2n) is 8.41. The summed E-state index contributed by atoms with van der Waals surface area (Å²) in [7, 11) is 0. The number of hydrogen-bond acceptors (Lipinski definition) is 3. The van der Waals surface area contributed by atoms with Gasteiger partial charge in [0.2, 0.25) is 0 Å². The lowest BCUT2D eigenvalue weighted by Gasteiger charge is -2.28. The number of anilines is 1. The number of carbonyl (C=O) groups excluding carboxylic acids is 1. The first-order valence-electron chi connectivity index (χ1n) is 10.2. The van der Waals surface area contributed by atoms with Crippen LogP contribution in [0.3, 0.4) is 0 Å². The third-order valence-electron chi connectivity index (χ3n) is 6.74. The van der Waals surface area contributed by atoms with E-state index in [1.54, 1.807) is 0 Å². The van der Waals surface area contributed by atoms with Gasteiger partial charge in [0.05, 0.1) is 6.61 Å². The molecule has 2 saturated heterocycles. The number of rotatable bonds is 4. The molecule has 5 nitrogen and oxygen atoms in total. The molecule has 2 heterocycles. The number of nitrogens with one attached hydrogen (secondary N) is 1. The number of aliphatic hydroxyl groups excluding tert-OH is 1. The number of urea groups is 1. The Labute approximate surface area is 156 Å². The quantitative estimate of drug-likeness (QED) is 0.869. The fourth-order valence-corrected chi connectivity index (χ4v) is 5.16. The van der Waals surface area contributed by atoms with E-state index in [1.807, 2.05) is 17.0 Å². The number of benzene rings is 1. The molecule has 1 aliphatic carbocycles. The normalized spacial score (nSPS) is 29.0. The van der Waals surface area contributed by atoms with Gasteiger partial charge in [0.15, 0.2) is 0 Å². The Morgan fingerprint density at radius 3 is 2.77 bits per heavy atom. The van der Waals surface area contributed by atoms with Crippen molar-refractivity contribution in [2.24, 2.45) is 11.3 Å². The van der Waals surface area contributed by atoms with Gasteiger partial charge in [0.1, 0.15) is 0 Å². The minimum atomic E-state index is -0.0509. The highest BCUT2D eigenvalue weighted by molar-refractivity contribution is 5.90. The lowest BCUT2D eigenvalue weighted by molar-refractivity contribution is 0.114. The molecule has 0 aromatic heterocycles. The number of hydrogen-bond donors (Lipinski definition) is 2. The van der Waals surface area contributed by atoms with Gasteiger partial charge >= 0.3 is 6.03 Å². The van der Waals surface area contributed by atoms with Crippen LogP contribution in [0.25, 0.3) is 0 Å². The number of amides is 2. The van der Waals surface area contributed by atoms with Crippen LogP contribution in [0.15, 0.2) is 24.3 Å². The number of likely N-dealkylation sites (tertiary alicyclic amines) is 2. The molecule has 2 aliphatic heterocycles. The molecular weight excluding hydrogens is 326 g/mol. The number of para-hydroxylation sites is 1. The molecule has 0 unspecified atom stereocenters. The lowest BCUT2D eigenvalue weighted by atomic mass is 9.82. The zero-order chi connectivity index (χ0) is 18.0. The third kappa shape index (κ3) is 3.47. The molecule has 4 rings (SSSR count). The van der Waals surface area contributed by atoms with Crippen LogP contribution in [-0.2, 0) is 6.54 Å². The van der Waals surface area contributed by atoms with Crippen LogP contribution in [0, 0.1) is 11.3 Å². The summed E-state index contributed by atoms with van der Waals surface area (Å²) >= 11 is 0. The average Bonchev–Trinajstić information content (AvgIpc) is 3.22.